The van der Waals surface area contributed by atoms with E-state index in [1.165, 1.54) is 0 Å². The number of aryl methyl sites for hydroxylation is 2. The predicted molar refractivity (Wildman–Crippen MR) is 111 cm³/mol. The Morgan fingerprint density at radius 2 is 2.03 bits per heavy atom. The van der Waals surface area contributed by atoms with Crippen molar-refractivity contribution >= 4 is 5.96 Å². The number of benzene rings is 1. The van der Waals surface area contributed by atoms with Gasteiger partial charge in [-0.1, -0.05) is 12.1 Å². The normalized spacial score (nSPS) is 18.0. The van der Waals surface area contributed by atoms with E-state index in [0.717, 1.165) is 68.2 Å². The van der Waals surface area contributed by atoms with E-state index in [0.29, 0.717) is 6.54 Å². The average molecular weight is 422 g/mol. The van der Waals surface area contributed by atoms with Crippen LogP contribution in [0.25, 0.3) is 0 Å². The van der Waals surface area contributed by atoms with Crippen LogP contribution in [0.1, 0.15) is 29.5 Å². The minimum atomic E-state index is -4.29. The second-order valence-electron chi connectivity index (χ2n) is 7.69. The summed E-state index contributed by atoms with van der Waals surface area (Å²) in [6.07, 6.45) is 1.49. The van der Waals surface area contributed by atoms with Crippen LogP contribution in [0.4, 0.5) is 13.2 Å². The van der Waals surface area contributed by atoms with Crippen molar-refractivity contribution in [2.75, 3.05) is 26.7 Å². The lowest BCUT2D eigenvalue weighted by atomic mass is 10.1. The quantitative estimate of drug-likeness (QED) is 0.409. The molecule has 1 aromatic heterocycles. The highest BCUT2D eigenvalue weighted by Gasteiger charge is 2.30. The Labute approximate surface area is 175 Å². The van der Waals surface area contributed by atoms with E-state index in [-0.39, 0.29) is 6.04 Å². The van der Waals surface area contributed by atoms with Gasteiger partial charge in [-0.2, -0.15) is 18.3 Å². The SMILES string of the molecule is CN=C(NCCCn1cc(C)cn1)NC1CCN(Cc2ccc(C(F)(F)F)cc2)C1. The van der Waals surface area contributed by atoms with Gasteiger partial charge in [0.05, 0.1) is 11.8 Å². The third-order valence-electron chi connectivity index (χ3n) is 5.14. The highest BCUT2D eigenvalue weighted by Crippen LogP contribution is 2.29. The first-order valence-corrected chi connectivity index (χ1v) is 10.2. The first-order chi connectivity index (χ1) is 14.3. The molecule has 1 fully saturated rings. The van der Waals surface area contributed by atoms with Gasteiger partial charge in [0.1, 0.15) is 0 Å². The number of alkyl halides is 3. The summed E-state index contributed by atoms with van der Waals surface area (Å²) in [4.78, 5) is 6.53. The maximum Gasteiger partial charge on any atom is 0.416 e. The van der Waals surface area contributed by atoms with E-state index in [2.05, 4.69) is 25.6 Å². The summed E-state index contributed by atoms with van der Waals surface area (Å²) in [6, 6.07) is 5.69. The van der Waals surface area contributed by atoms with Gasteiger partial charge >= 0.3 is 6.18 Å². The maximum atomic E-state index is 12.7. The molecule has 0 aliphatic carbocycles. The van der Waals surface area contributed by atoms with Crippen molar-refractivity contribution in [1.82, 2.24) is 25.3 Å². The fraction of sp³-hybridized carbons (Fsp3) is 0.524. The Kier molecular flexibility index (Phi) is 7.36. The summed E-state index contributed by atoms with van der Waals surface area (Å²) in [7, 11) is 1.75. The van der Waals surface area contributed by atoms with Crippen LogP contribution < -0.4 is 10.6 Å². The van der Waals surface area contributed by atoms with Crippen molar-refractivity contribution in [2.24, 2.45) is 4.99 Å². The second kappa shape index (κ2) is 9.97. The van der Waals surface area contributed by atoms with Gasteiger partial charge in [-0.3, -0.25) is 14.6 Å². The fourth-order valence-corrected chi connectivity index (χ4v) is 3.58. The Bertz CT molecular complexity index is 828. The first-order valence-electron chi connectivity index (χ1n) is 10.2. The van der Waals surface area contributed by atoms with Gasteiger partial charge in [0, 0.05) is 52.0 Å². The van der Waals surface area contributed by atoms with Crippen molar-refractivity contribution in [1.29, 1.82) is 0 Å². The molecule has 30 heavy (non-hydrogen) atoms. The van der Waals surface area contributed by atoms with Gasteiger partial charge in [0.2, 0.25) is 0 Å². The zero-order valence-corrected chi connectivity index (χ0v) is 17.4. The van der Waals surface area contributed by atoms with Crippen LogP contribution in [0.3, 0.4) is 0 Å². The highest BCUT2D eigenvalue weighted by atomic mass is 19.4. The number of guanidine groups is 1. The van der Waals surface area contributed by atoms with E-state index >= 15 is 0 Å². The summed E-state index contributed by atoms with van der Waals surface area (Å²) in [5.41, 5.74) is 1.44. The number of likely N-dealkylation sites (tertiary alicyclic amines) is 1. The van der Waals surface area contributed by atoms with E-state index < -0.39 is 11.7 Å². The van der Waals surface area contributed by atoms with Crippen LogP contribution in [-0.2, 0) is 19.3 Å². The molecule has 1 aliphatic rings. The molecule has 164 valence electrons. The average Bonchev–Trinajstić information content (AvgIpc) is 3.32. The number of nitrogens with one attached hydrogen (secondary N) is 2. The molecule has 1 unspecified atom stereocenters. The van der Waals surface area contributed by atoms with Gasteiger partial charge in [-0.15, -0.1) is 0 Å². The second-order valence-corrected chi connectivity index (χ2v) is 7.69. The lowest BCUT2D eigenvalue weighted by Gasteiger charge is -2.19. The molecule has 0 bridgehead atoms. The van der Waals surface area contributed by atoms with E-state index in [4.69, 9.17) is 0 Å². The molecule has 0 saturated carbocycles. The molecule has 0 amide bonds. The molecular weight excluding hydrogens is 393 g/mol. The Morgan fingerprint density at radius 3 is 2.67 bits per heavy atom. The molecule has 1 atom stereocenters. The summed E-state index contributed by atoms with van der Waals surface area (Å²) >= 11 is 0. The van der Waals surface area contributed by atoms with Gasteiger partial charge in [0.25, 0.3) is 0 Å². The molecule has 0 radical (unpaired) electrons. The summed E-state index contributed by atoms with van der Waals surface area (Å²) < 4.78 is 40.0. The standard InChI is InChI=1S/C21H29F3N6/c1-16-12-27-30(13-16)10-3-9-26-20(25-2)28-19-8-11-29(15-19)14-17-4-6-18(7-5-17)21(22,23)24/h4-7,12-13,19H,3,8-11,14-15H2,1-2H3,(H2,25,26,28). The molecule has 2 heterocycles. The third kappa shape index (κ3) is 6.48. The van der Waals surface area contributed by atoms with Crippen LogP contribution in [0.2, 0.25) is 0 Å². The van der Waals surface area contributed by atoms with Gasteiger partial charge in [-0.25, -0.2) is 0 Å². The minimum Gasteiger partial charge on any atom is -0.356 e. The maximum absolute atomic E-state index is 12.7. The predicted octanol–water partition coefficient (Wildman–Crippen LogP) is 3.04. The van der Waals surface area contributed by atoms with Crippen molar-refractivity contribution in [2.45, 2.75) is 45.1 Å². The van der Waals surface area contributed by atoms with Gasteiger partial charge in [-0.05, 0) is 43.0 Å². The largest absolute Gasteiger partial charge is 0.416 e. The summed E-state index contributed by atoms with van der Waals surface area (Å²) in [5, 5.41) is 11.0. The van der Waals surface area contributed by atoms with Crippen LogP contribution in [0.5, 0.6) is 0 Å². The number of aromatic nitrogens is 2. The minimum absolute atomic E-state index is 0.263. The summed E-state index contributed by atoms with van der Waals surface area (Å²) in [6.45, 7) is 6.03. The Morgan fingerprint density at radius 1 is 1.27 bits per heavy atom. The molecule has 2 N–H and O–H groups in total. The number of hydrogen-bond acceptors (Lipinski definition) is 3. The first kappa shape index (κ1) is 22.1. The third-order valence-corrected chi connectivity index (χ3v) is 5.14. The monoisotopic (exact) mass is 422 g/mol. The van der Waals surface area contributed by atoms with Crippen LogP contribution in [-0.4, -0.2) is 53.4 Å². The van der Waals surface area contributed by atoms with Crippen LogP contribution in [0.15, 0.2) is 41.7 Å². The molecule has 2 aromatic rings. The molecule has 1 saturated heterocycles. The number of nitrogens with zero attached hydrogens (tertiary/aromatic N) is 4. The lowest BCUT2D eigenvalue weighted by molar-refractivity contribution is -0.137. The molecule has 1 aliphatic heterocycles. The van der Waals surface area contributed by atoms with Crippen molar-refractivity contribution in [3.8, 4) is 0 Å². The topological polar surface area (TPSA) is 57.5 Å². The Hall–Kier alpha value is -2.55. The zero-order valence-electron chi connectivity index (χ0n) is 17.4. The number of aliphatic imine (C=N–C) groups is 1. The van der Waals surface area contributed by atoms with Gasteiger partial charge < -0.3 is 10.6 Å². The number of hydrogen-bond donors (Lipinski definition) is 2. The summed E-state index contributed by atoms with van der Waals surface area (Å²) in [5.74, 6) is 0.771. The zero-order chi connectivity index (χ0) is 21.6. The van der Waals surface area contributed by atoms with Crippen molar-refractivity contribution in [3.05, 3.63) is 53.3 Å². The van der Waals surface area contributed by atoms with E-state index in [1.807, 2.05) is 24.0 Å². The smallest absolute Gasteiger partial charge is 0.356 e. The number of rotatable bonds is 7. The van der Waals surface area contributed by atoms with E-state index in [1.54, 1.807) is 19.2 Å². The van der Waals surface area contributed by atoms with Crippen molar-refractivity contribution < 1.29 is 13.2 Å². The molecule has 9 heteroatoms. The molecule has 6 nitrogen and oxygen atoms in total. The molecular formula is C21H29F3N6. The number of halogens is 3. The molecule has 1 aromatic carbocycles. The van der Waals surface area contributed by atoms with Gasteiger partial charge in [0.15, 0.2) is 5.96 Å². The van der Waals surface area contributed by atoms with Crippen LogP contribution >= 0.6 is 0 Å². The van der Waals surface area contributed by atoms with Crippen LogP contribution in [0, 0.1) is 6.92 Å². The highest BCUT2D eigenvalue weighted by molar-refractivity contribution is 5.79. The fourth-order valence-electron chi connectivity index (χ4n) is 3.58. The van der Waals surface area contributed by atoms with E-state index in [9.17, 15) is 13.2 Å². The Balaban J connectivity index is 1.38. The van der Waals surface area contributed by atoms with Crippen molar-refractivity contribution in [3.63, 3.8) is 0 Å². The lowest BCUT2D eigenvalue weighted by Crippen LogP contribution is -2.44. The molecule has 3 rings (SSSR count). The molecule has 0 spiro atoms.